The largest absolute Gasteiger partial charge is 0.508 e. The van der Waals surface area contributed by atoms with Crippen LogP contribution in [0.3, 0.4) is 0 Å². The van der Waals surface area contributed by atoms with Gasteiger partial charge >= 0.3 is 0 Å². The van der Waals surface area contributed by atoms with Crippen LogP contribution in [-0.2, 0) is 24.4 Å². The number of halogens is 1. The Balaban J connectivity index is 0.954. The highest BCUT2D eigenvalue weighted by Gasteiger charge is 2.27. The maximum absolute atomic E-state index is 15.0. The summed E-state index contributed by atoms with van der Waals surface area (Å²) in [7, 11) is 2.06. The van der Waals surface area contributed by atoms with Gasteiger partial charge in [0.2, 0.25) is 5.88 Å². The molecule has 48 heavy (non-hydrogen) atoms. The zero-order valence-corrected chi connectivity index (χ0v) is 27.6. The number of pyridine rings is 1. The van der Waals surface area contributed by atoms with E-state index >= 15 is 4.39 Å². The van der Waals surface area contributed by atoms with Crippen LogP contribution in [-0.4, -0.2) is 81.2 Å². The van der Waals surface area contributed by atoms with E-state index in [9.17, 15) is 9.90 Å². The van der Waals surface area contributed by atoms with Crippen LogP contribution in [0.5, 0.6) is 5.88 Å². The van der Waals surface area contributed by atoms with Crippen LogP contribution in [0.2, 0.25) is 0 Å². The van der Waals surface area contributed by atoms with Crippen molar-refractivity contribution in [2.45, 2.75) is 63.8 Å². The molecule has 0 saturated carbocycles. The van der Waals surface area contributed by atoms with Gasteiger partial charge < -0.3 is 24.0 Å². The van der Waals surface area contributed by atoms with Crippen LogP contribution in [0.25, 0.3) is 16.8 Å². The van der Waals surface area contributed by atoms with E-state index in [0.29, 0.717) is 28.5 Å². The van der Waals surface area contributed by atoms with Crippen molar-refractivity contribution in [1.29, 1.82) is 0 Å². The van der Waals surface area contributed by atoms with Crippen molar-refractivity contribution in [1.82, 2.24) is 24.3 Å². The number of fused-ring (bicyclic) bond motifs is 1. The molecule has 2 aromatic heterocycles. The van der Waals surface area contributed by atoms with Gasteiger partial charge in [-0.3, -0.25) is 9.69 Å². The quantitative estimate of drug-likeness (QED) is 0.148. The number of piperidine rings is 2. The summed E-state index contributed by atoms with van der Waals surface area (Å²) >= 11 is 0. The summed E-state index contributed by atoms with van der Waals surface area (Å²) in [4.78, 5) is 27.4. The summed E-state index contributed by atoms with van der Waals surface area (Å²) < 4.78 is 29.0. The van der Waals surface area contributed by atoms with Gasteiger partial charge in [-0.05, 0) is 95.7 Å². The van der Waals surface area contributed by atoms with E-state index < -0.39 is 5.82 Å². The minimum atomic E-state index is -0.426. The van der Waals surface area contributed by atoms with Gasteiger partial charge in [-0.2, -0.15) is 0 Å². The van der Waals surface area contributed by atoms with E-state index in [1.54, 1.807) is 12.1 Å². The number of nitrogens with zero attached hydrogens (tertiary/aromatic N) is 5. The standard InChI is InChI=1S/C38H44FN5O4/c1-25(45)28-8-9-34-35(21-28)44(22-31-14-19-47-31)36(40-34)23-43-17-12-26(13-18-43)33-4-3-5-37(41-33)48-24-30-7-6-29(20-32(30)39)38(46)27-10-15-42(2)16-11-27/h3-9,20-21,26-27,31,45H,1,10-19,22-24H2,2H3. The maximum Gasteiger partial charge on any atom is 0.213 e. The smallest absolute Gasteiger partial charge is 0.213 e. The van der Waals surface area contributed by atoms with Gasteiger partial charge in [-0.15, -0.1) is 0 Å². The average Bonchev–Trinajstić information content (AvgIpc) is 3.42. The Morgan fingerprint density at radius 1 is 1.00 bits per heavy atom. The predicted molar refractivity (Wildman–Crippen MR) is 183 cm³/mol. The van der Waals surface area contributed by atoms with Gasteiger partial charge in [0.1, 0.15) is 24.0 Å². The molecular formula is C38H44FN5O4. The Labute approximate surface area is 281 Å². The minimum Gasteiger partial charge on any atom is -0.508 e. The highest BCUT2D eigenvalue weighted by molar-refractivity contribution is 5.98. The number of rotatable bonds is 11. The molecule has 3 aliphatic heterocycles. The number of carbonyl (C=O) groups excluding carboxylic acids is 1. The number of aromatic nitrogens is 3. The summed E-state index contributed by atoms with van der Waals surface area (Å²) in [5.41, 5.74) is 4.41. The highest BCUT2D eigenvalue weighted by atomic mass is 19.1. The molecule has 2 aromatic carbocycles. The Hall–Kier alpha value is -4.12. The average molecular weight is 654 g/mol. The molecule has 4 aromatic rings. The molecule has 0 aliphatic carbocycles. The molecule has 3 aliphatic rings. The van der Waals surface area contributed by atoms with Crippen LogP contribution in [0.1, 0.15) is 71.0 Å². The van der Waals surface area contributed by atoms with Crippen molar-refractivity contribution >= 4 is 22.6 Å². The Morgan fingerprint density at radius 2 is 1.77 bits per heavy atom. The van der Waals surface area contributed by atoms with Crippen LogP contribution in [0.4, 0.5) is 4.39 Å². The molecule has 1 N–H and O–H groups in total. The number of likely N-dealkylation sites (tertiary alicyclic amines) is 2. The first-order chi connectivity index (χ1) is 23.3. The normalized spacial score (nSPS) is 19.8. The second-order valence-electron chi connectivity index (χ2n) is 13.6. The first-order valence-electron chi connectivity index (χ1n) is 17.1. The number of imidazole rings is 1. The number of ketones is 1. The number of Topliss-reactive ketones (excluding diaryl/α,β-unsaturated/α-hetero) is 1. The van der Waals surface area contributed by atoms with Crippen molar-refractivity contribution < 1.29 is 23.8 Å². The number of ether oxygens (including phenoxy) is 2. The first-order valence-corrected chi connectivity index (χ1v) is 17.1. The SMILES string of the molecule is C=C(O)c1ccc2nc(CN3CCC(c4cccc(OCc5ccc(C(=O)C6CCN(C)CC6)cc5F)n4)CC3)n(CC3CCO3)c2c1. The number of aliphatic hydroxyl groups is 1. The molecule has 10 heteroatoms. The van der Waals surface area contributed by atoms with Gasteiger partial charge in [0.25, 0.3) is 0 Å². The highest BCUT2D eigenvalue weighted by Crippen LogP contribution is 2.30. The van der Waals surface area contributed by atoms with E-state index in [-0.39, 0.29) is 30.2 Å². The summed E-state index contributed by atoms with van der Waals surface area (Å²) in [6, 6.07) is 16.3. The molecule has 7 rings (SSSR count). The molecule has 9 nitrogen and oxygen atoms in total. The fourth-order valence-corrected chi connectivity index (χ4v) is 7.11. The van der Waals surface area contributed by atoms with Crippen LogP contribution in [0.15, 0.2) is 61.2 Å². The first kappa shape index (κ1) is 32.4. The third-order valence-corrected chi connectivity index (χ3v) is 10.3. The number of hydrogen-bond donors (Lipinski definition) is 1. The van der Waals surface area contributed by atoms with Crippen molar-refractivity contribution in [3.8, 4) is 5.88 Å². The van der Waals surface area contributed by atoms with E-state index in [1.165, 1.54) is 6.07 Å². The lowest BCUT2D eigenvalue weighted by molar-refractivity contribution is -0.0592. The molecule has 1 atom stereocenters. The van der Waals surface area contributed by atoms with Gasteiger partial charge in [0, 0.05) is 46.9 Å². The molecule has 0 spiro atoms. The van der Waals surface area contributed by atoms with E-state index in [0.717, 1.165) is 101 Å². The predicted octanol–water partition coefficient (Wildman–Crippen LogP) is 6.37. The lowest BCUT2D eigenvalue weighted by atomic mass is 9.89. The van der Waals surface area contributed by atoms with Crippen molar-refractivity contribution in [2.75, 3.05) is 39.8 Å². The number of hydrogen-bond acceptors (Lipinski definition) is 8. The van der Waals surface area contributed by atoms with Crippen LogP contribution < -0.4 is 4.74 Å². The monoisotopic (exact) mass is 653 g/mol. The third-order valence-electron chi connectivity index (χ3n) is 10.3. The van der Waals surface area contributed by atoms with Crippen LogP contribution >= 0.6 is 0 Å². The van der Waals surface area contributed by atoms with E-state index in [1.807, 2.05) is 36.4 Å². The Kier molecular flexibility index (Phi) is 9.57. The molecule has 1 unspecified atom stereocenters. The fourth-order valence-electron chi connectivity index (χ4n) is 7.11. The molecule has 0 radical (unpaired) electrons. The van der Waals surface area contributed by atoms with Crippen molar-refractivity contribution in [3.63, 3.8) is 0 Å². The minimum absolute atomic E-state index is 0.0278. The number of aliphatic hydroxyl groups excluding tert-OH is 1. The van der Waals surface area contributed by atoms with Crippen molar-refractivity contribution in [3.05, 3.63) is 95.2 Å². The Bertz CT molecular complexity index is 1790. The summed E-state index contributed by atoms with van der Waals surface area (Å²) in [6.45, 7) is 9.60. The maximum atomic E-state index is 15.0. The van der Waals surface area contributed by atoms with Gasteiger partial charge in [0.05, 0.1) is 30.2 Å². The molecule has 5 heterocycles. The molecular weight excluding hydrogens is 609 g/mol. The lowest BCUT2D eigenvalue weighted by Crippen LogP contribution is -2.35. The second kappa shape index (κ2) is 14.2. The fraction of sp³-hybridized carbons (Fsp3) is 0.447. The summed E-state index contributed by atoms with van der Waals surface area (Å²) in [6.07, 6.45) is 4.75. The molecule has 252 valence electrons. The van der Waals surface area contributed by atoms with Gasteiger partial charge in [-0.1, -0.05) is 24.8 Å². The summed E-state index contributed by atoms with van der Waals surface area (Å²) in [5, 5.41) is 9.98. The zero-order valence-electron chi connectivity index (χ0n) is 27.6. The molecule has 3 fully saturated rings. The zero-order chi connectivity index (χ0) is 33.2. The third kappa shape index (κ3) is 7.16. The van der Waals surface area contributed by atoms with E-state index in [2.05, 4.69) is 28.0 Å². The second-order valence-corrected chi connectivity index (χ2v) is 13.6. The number of benzene rings is 2. The Morgan fingerprint density at radius 3 is 2.48 bits per heavy atom. The molecule has 3 saturated heterocycles. The topological polar surface area (TPSA) is 93.0 Å². The summed E-state index contributed by atoms with van der Waals surface area (Å²) in [5.74, 6) is 1.38. The van der Waals surface area contributed by atoms with Gasteiger partial charge in [0.15, 0.2) is 5.78 Å². The molecule has 0 bridgehead atoms. The van der Waals surface area contributed by atoms with E-state index in [4.69, 9.17) is 19.4 Å². The number of carbonyl (C=O) groups is 1. The van der Waals surface area contributed by atoms with Gasteiger partial charge in [-0.25, -0.2) is 14.4 Å². The molecule has 0 amide bonds. The van der Waals surface area contributed by atoms with Crippen LogP contribution in [0, 0.1) is 11.7 Å². The van der Waals surface area contributed by atoms with Crippen molar-refractivity contribution in [2.24, 2.45) is 5.92 Å². The lowest BCUT2D eigenvalue weighted by Gasteiger charge is -2.32.